The summed E-state index contributed by atoms with van der Waals surface area (Å²) in [6, 6.07) is 7.09. The maximum Gasteiger partial charge on any atom is 0.191 e. The standard InChI is InChI=1S/C23H33N7/c1-16-9-10-20-18(14-25-21(20)13-16)11-12-24-23(27-19-7-5-4-6-8-19)26-15-22-29-28-17(2)30(22)3/h9-10,13-14,19,25H,4-8,11-12,15H2,1-3H3,(H2,24,26,27). The molecule has 4 rings (SSSR count). The van der Waals surface area contributed by atoms with Crippen molar-refractivity contribution >= 4 is 16.9 Å². The summed E-state index contributed by atoms with van der Waals surface area (Å²) in [7, 11) is 1.99. The summed E-state index contributed by atoms with van der Waals surface area (Å²) in [5.74, 6) is 2.66. The number of aromatic amines is 1. The van der Waals surface area contributed by atoms with Crippen LogP contribution >= 0.6 is 0 Å². The van der Waals surface area contributed by atoms with Crippen molar-refractivity contribution in [1.29, 1.82) is 0 Å². The van der Waals surface area contributed by atoms with Crippen LogP contribution in [0.3, 0.4) is 0 Å². The van der Waals surface area contributed by atoms with Gasteiger partial charge in [-0.25, -0.2) is 4.99 Å². The van der Waals surface area contributed by atoms with Gasteiger partial charge >= 0.3 is 0 Å². The zero-order chi connectivity index (χ0) is 20.9. The first-order valence-electron chi connectivity index (χ1n) is 11.1. The van der Waals surface area contributed by atoms with Gasteiger partial charge in [-0.3, -0.25) is 0 Å². The number of guanidine groups is 1. The summed E-state index contributed by atoms with van der Waals surface area (Å²) >= 11 is 0. The topological polar surface area (TPSA) is 82.9 Å². The highest BCUT2D eigenvalue weighted by atomic mass is 15.3. The molecule has 1 aliphatic carbocycles. The Balaban J connectivity index is 1.41. The summed E-state index contributed by atoms with van der Waals surface area (Å²) in [5.41, 5.74) is 3.81. The van der Waals surface area contributed by atoms with Crippen molar-refractivity contribution < 1.29 is 0 Å². The molecular weight excluding hydrogens is 374 g/mol. The largest absolute Gasteiger partial charge is 0.361 e. The van der Waals surface area contributed by atoms with Crippen LogP contribution in [0, 0.1) is 13.8 Å². The van der Waals surface area contributed by atoms with Crippen LogP contribution in [0.2, 0.25) is 0 Å². The second kappa shape index (κ2) is 9.32. The zero-order valence-electron chi connectivity index (χ0n) is 18.3. The minimum Gasteiger partial charge on any atom is -0.361 e. The lowest BCUT2D eigenvalue weighted by Gasteiger charge is -2.25. The SMILES string of the molecule is Cc1ccc2c(CCNC(=NCc3nnc(C)n3C)NC3CCCCC3)c[nH]c2c1. The summed E-state index contributed by atoms with van der Waals surface area (Å²) in [6.45, 7) is 5.44. The highest BCUT2D eigenvalue weighted by Crippen LogP contribution is 2.20. The summed E-state index contributed by atoms with van der Waals surface area (Å²) in [4.78, 5) is 8.21. The highest BCUT2D eigenvalue weighted by Gasteiger charge is 2.15. The maximum atomic E-state index is 4.82. The second-order valence-corrected chi connectivity index (χ2v) is 8.41. The summed E-state index contributed by atoms with van der Waals surface area (Å²) in [5, 5.41) is 16.9. The Hall–Kier alpha value is -2.83. The fourth-order valence-electron chi connectivity index (χ4n) is 4.15. The van der Waals surface area contributed by atoms with E-state index in [0.717, 1.165) is 30.6 Å². The zero-order valence-corrected chi connectivity index (χ0v) is 18.3. The molecule has 3 N–H and O–H groups in total. The van der Waals surface area contributed by atoms with Gasteiger partial charge in [0.25, 0.3) is 0 Å². The van der Waals surface area contributed by atoms with Gasteiger partial charge in [0, 0.05) is 36.7 Å². The van der Waals surface area contributed by atoms with Crippen LogP contribution in [0.25, 0.3) is 10.9 Å². The third-order valence-corrected chi connectivity index (χ3v) is 6.12. The Morgan fingerprint density at radius 1 is 1.20 bits per heavy atom. The minimum atomic E-state index is 0.502. The molecule has 7 heteroatoms. The van der Waals surface area contributed by atoms with Crippen molar-refractivity contribution in [1.82, 2.24) is 30.4 Å². The number of fused-ring (bicyclic) bond motifs is 1. The smallest absolute Gasteiger partial charge is 0.191 e. The van der Waals surface area contributed by atoms with Gasteiger partial charge < -0.3 is 20.2 Å². The molecule has 0 unspecified atom stereocenters. The Morgan fingerprint density at radius 3 is 2.80 bits per heavy atom. The van der Waals surface area contributed by atoms with Crippen LogP contribution in [-0.2, 0) is 20.0 Å². The first-order chi connectivity index (χ1) is 14.6. The summed E-state index contributed by atoms with van der Waals surface area (Å²) < 4.78 is 2.00. The highest BCUT2D eigenvalue weighted by molar-refractivity contribution is 5.84. The predicted molar refractivity (Wildman–Crippen MR) is 122 cm³/mol. The van der Waals surface area contributed by atoms with Crippen molar-refractivity contribution in [2.45, 2.75) is 65.0 Å². The Morgan fingerprint density at radius 2 is 2.03 bits per heavy atom. The van der Waals surface area contributed by atoms with Crippen LogP contribution in [0.15, 0.2) is 29.4 Å². The lowest BCUT2D eigenvalue weighted by molar-refractivity contribution is 0.410. The van der Waals surface area contributed by atoms with Gasteiger partial charge in [0.2, 0.25) is 0 Å². The average molecular weight is 408 g/mol. The number of benzene rings is 1. The number of aliphatic imine (C=N–C) groups is 1. The van der Waals surface area contributed by atoms with Crippen molar-refractivity contribution in [3.8, 4) is 0 Å². The third kappa shape index (κ3) is 4.83. The fraction of sp³-hybridized carbons (Fsp3) is 0.522. The lowest BCUT2D eigenvalue weighted by atomic mass is 9.96. The monoisotopic (exact) mass is 407 g/mol. The van der Waals surface area contributed by atoms with Crippen LogP contribution < -0.4 is 10.6 Å². The van der Waals surface area contributed by atoms with Crippen LogP contribution in [-0.4, -0.2) is 38.3 Å². The number of aromatic nitrogens is 4. The van der Waals surface area contributed by atoms with Crippen LogP contribution in [0.1, 0.15) is 54.9 Å². The first kappa shape index (κ1) is 20.4. The molecule has 0 radical (unpaired) electrons. The van der Waals surface area contributed by atoms with E-state index in [2.05, 4.69) is 57.1 Å². The molecule has 7 nitrogen and oxygen atoms in total. The molecule has 0 bridgehead atoms. The third-order valence-electron chi connectivity index (χ3n) is 6.12. The van der Waals surface area contributed by atoms with Crippen LogP contribution in [0.5, 0.6) is 0 Å². The number of nitrogens with one attached hydrogen (secondary N) is 3. The van der Waals surface area contributed by atoms with E-state index in [9.17, 15) is 0 Å². The molecular formula is C23H33N7. The number of aryl methyl sites for hydroxylation is 2. The van der Waals surface area contributed by atoms with Crippen molar-refractivity contribution in [3.63, 3.8) is 0 Å². The Bertz CT molecular complexity index is 1010. The molecule has 0 spiro atoms. The maximum absolute atomic E-state index is 4.82. The van der Waals surface area contributed by atoms with E-state index in [4.69, 9.17) is 4.99 Å². The Labute approximate surface area is 178 Å². The predicted octanol–water partition coefficient (Wildman–Crippen LogP) is 3.52. The molecule has 1 saturated carbocycles. The molecule has 1 aliphatic rings. The number of rotatable bonds is 6. The number of hydrogen-bond donors (Lipinski definition) is 3. The molecule has 3 aromatic rings. The van der Waals surface area contributed by atoms with Gasteiger partial charge in [-0.2, -0.15) is 0 Å². The van der Waals surface area contributed by atoms with Crippen molar-refractivity contribution in [3.05, 3.63) is 47.2 Å². The minimum absolute atomic E-state index is 0.502. The first-order valence-corrected chi connectivity index (χ1v) is 11.1. The van der Waals surface area contributed by atoms with Crippen molar-refractivity contribution in [2.75, 3.05) is 6.54 Å². The molecule has 0 aliphatic heterocycles. The van der Waals surface area contributed by atoms with E-state index < -0.39 is 0 Å². The molecule has 0 atom stereocenters. The van der Waals surface area contributed by atoms with E-state index in [1.54, 1.807) is 0 Å². The summed E-state index contributed by atoms with van der Waals surface area (Å²) in [6.07, 6.45) is 9.43. The van der Waals surface area contributed by atoms with Gasteiger partial charge in [0.1, 0.15) is 12.4 Å². The van der Waals surface area contributed by atoms with E-state index in [-0.39, 0.29) is 0 Å². The molecule has 1 aromatic carbocycles. The molecule has 1 fully saturated rings. The molecule has 0 amide bonds. The molecule has 0 saturated heterocycles. The number of H-pyrrole nitrogens is 1. The van der Waals surface area contributed by atoms with E-state index >= 15 is 0 Å². The van der Waals surface area contributed by atoms with Crippen molar-refractivity contribution in [2.24, 2.45) is 12.0 Å². The van der Waals surface area contributed by atoms with E-state index in [0.29, 0.717) is 12.6 Å². The van der Waals surface area contributed by atoms with E-state index in [1.807, 2.05) is 18.5 Å². The number of hydrogen-bond acceptors (Lipinski definition) is 3. The van der Waals surface area contributed by atoms with E-state index in [1.165, 1.54) is 54.1 Å². The van der Waals surface area contributed by atoms with Gasteiger partial charge in [-0.1, -0.05) is 31.4 Å². The fourth-order valence-corrected chi connectivity index (χ4v) is 4.15. The second-order valence-electron chi connectivity index (χ2n) is 8.41. The van der Waals surface area contributed by atoms with Gasteiger partial charge in [-0.15, -0.1) is 10.2 Å². The van der Waals surface area contributed by atoms with Gasteiger partial charge in [-0.05, 0) is 50.3 Å². The average Bonchev–Trinajstić information content (AvgIpc) is 3.29. The molecule has 30 heavy (non-hydrogen) atoms. The van der Waals surface area contributed by atoms with Crippen LogP contribution in [0.4, 0.5) is 0 Å². The lowest BCUT2D eigenvalue weighted by Crippen LogP contribution is -2.44. The quantitative estimate of drug-likeness (QED) is 0.431. The molecule has 160 valence electrons. The van der Waals surface area contributed by atoms with Gasteiger partial charge in [0.15, 0.2) is 11.8 Å². The normalized spacial score (nSPS) is 15.6. The van der Waals surface area contributed by atoms with Gasteiger partial charge in [0.05, 0.1) is 0 Å². The Kier molecular flexibility index (Phi) is 6.35. The molecule has 2 heterocycles. The number of nitrogens with zero attached hydrogens (tertiary/aromatic N) is 4. The molecule has 2 aromatic heterocycles.